The van der Waals surface area contributed by atoms with Crippen molar-refractivity contribution in [3.63, 3.8) is 0 Å². The zero-order chi connectivity index (χ0) is 16.3. The van der Waals surface area contributed by atoms with Gasteiger partial charge in [0, 0.05) is 13.1 Å². The average molecular weight is 335 g/mol. The highest BCUT2D eigenvalue weighted by atomic mass is 32.2. The number of piperidine rings is 1. The average Bonchev–Trinajstić information content (AvgIpc) is 2.37. The first-order chi connectivity index (χ1) is 9.54. The summed E-state index contributed by atoms with van der Waals surface area (Å²) >= 11 is 0. The number of rotatable bonds is 4. The lowest BCUT2D eigenvalue weighted by atomic mass is 9.97. The number of hydrogen-bond acceptors (Lipinski definition) is 6. The van der Waals surface area contributed by atoms with E-state index in [1.807, 2.05) is 0 Å². The third-order valence-corrected chi connectivity index (χ3v) is 3.76. The molecule has 0 spiro atoms. The summed E-state index contributed by atoms with van der Waals surface area (Å²) in [6, 6.07) is 0. The summed E-state index contributed by atoms with van der Waals surface area (Å²) < 4.78 is 64.6. The minimum Gasteiger partial charge on any atom is -0.465 e. The van der Waals surface area contributed by atoms with Crippen LogP contribution in [0.2, 0.25) is 0 Å². The van der Waals surface area contributed by atoms with Crippen molar-refractivity contribution in [1.82, 2.24) is 4.90 Å². The Morgan fingerprint density at radius 2 is 1.76 bits per heavy atom. The standard InChI is InChI=1S/C9H12F3NO7S/c10-9(11,12)21(17,18)20-5-19-7(14)6-1-3-13(4-2-6)8(15)16/h6H,1-5H2,(H,15,16). The molecule has 1 fully saturated rings. The van der Waals surface area contributed by atoms with Crippen LogP contribution < -0.4 is 0 Å². The van der Waals surface area contributed by atoms with Crippen LogP contribution in [0.5, 0.6) is 0 Å². The number of carboxylic acid groups (broad SMARTS) is 1. The third kappa shape index (κ3) is 4.74. The molecule has 1 saturated heterocycles. The van der Waals surface area contributed by atoms with E-state index in [4.69, 9.17) is 5.11 Å². The molecule has 0 radical (unpaired) electrons. The number of esters is 1. The maximum absolute atomic E-state index is 11.9. The van der Waals surface area contributed by atoms with E-state index in [1.54, 1.807) is 0 Å². The normalized spacial score (nSPS) is 17.6. The molecule has 0 unspecified atom stereocenters. The molecule has 0 aromatic carbocycles. The fourth-order valence-corrected chi connectivity index (χ4v) is 1.95. The van der Waals surface area contributed by atoms with Crippen LogP contribution in [0.1, 0.15) is 12.8 Å². The Morgan fingerprint density at radius 1 is 1.24 bits per heavy atom. The summed E-state index contributed by atoms with van der Waals surface area (Å²) in [5.41, 5.74) is -5.59. The molecule has 1 heterocycles. The summed E-state index contributed by atoms with van der Waals surface area (Å²) in [5.74, 6) is -1.64. The number of hydrogen-bond donors (Lipinski definition) is 1. The van der Waals surface area contributed by atoms with Crippen LogP contribution in [0, 0.1) is 5.92 Å². The molecular weight excluding hydrogens is 323 g/mol. The van der Waals surface area contributed by atoms with Gasteiger partial charge in [-0.25, -0.2) is 8.98 Å². The molecule has 1 N–H and O–H groups in total. The van der Waals surface area contributed by atoms with Gasteiger partial charge in [0.2, 0.25) is 6.79 Å². The molecule has 1 aliphatic heterocycles. The van der Waals surface area contributed by atoms with Crippen molar-refractivity contribution in [1.29, 1.82) is 0 Å². The zero-order valence-corrected chi connectivity index (χ0v) is 11.3. The molecule has 1 rings (SSSR count). The predicted octanol–water partition coefficient (Wildman–Crippen LogP) is 0.743. The highest BCUT2D eigenvalue weighted by molar-refractivity contribution is 7.87. The number of amides is 1. The van der Waals surface area contributed by atoms with Gasteiger partial charge in [0.25, 0.3) is 0 Å². The monoisotopic (exact) mass is 335 g/mol. The van der Waals surface area contributed by atoms with Gasteiger partial charge in [-0.15, -0.1) is 0 Å². The molecule has 21 heavy (non-hydrogen) atoms. The lowest BCUT2D eigenvalue weighted by Crippen LogP contribution is -2.40. The van der Waals surface area contributed by atoms with Crippen molar-refractivity contribution in [3.8, 4) is 0 Å². The highest BCUT2D eigenvalue weighted by Crippen LogP contribution is 2.25. The second-order valence-corrected chi connectivity index (χ2v) is 5.75. The van der Waals surface area contributed by atoms with Crippen LogP contribution >= 0.6 is 0 Å². The van der Waals surface area contributed by atoms with Crippen LogP contribution in [-0.4, -0.2) is 55.9 Å². The first-order valence-electron chi connectivity index (χ1n) is 5.65. The molecule has 0 saturated carbocycles. The Morgan fingerprint density at radius 3 is 2.19 bits per heavy atom. The minimum atomic E-state index is -5.81. The van der Waals surface area contributed by atoms with E-state index >= 15 is 0 Å². The van der Waals surface area contributed by atoms with Crippen molar-refractivity contribution in [2.24, 2.45) is 5.92 Å². The molecule has 0 atom stereocenters. The van der Waals surface area contributed by atoms with Gasteiger partial charge in [0.05, 0.1) is 5.92 Å². The van der Waals surface area contributed by atoms with E-state index in [9.17, 15) is 31.2 Å². The molecule has 122 valence electrons. The third-order valence-electron chi connectivity index (χ3n) is 2.79. The molecule has 0 bridgehead atoms. The van der Waals surface area contributed by atoms with Crippen molar-refractivity contribution >= 4 is 22.2 Å². The molecular formula is C9H12F3NO7S. The molecule has 0 aromatic rings. The van der Waals surface area contributed by atoms with Gasteiger partial charge >= 0.3 is 27.7 Å². The molecule has 8 nitrogen and oxygen atoms in total. The Bertz CT molecular complexity index is 496. The van der Waals surface area contributed by atoms with Gasteiger partial charge in [-0.2, -0.15) is 21.6 Å². The summed E-state index contributed by atoms with van der Waals surface area (Å²) in [6.45, 7) is -1.21. The van der Waals surface area contributed by atoms with Gasteiger partial charge < -0.3 is 14.7 Å². The summed E-state index contributed by atoms with van der Waals surface area (Å²) in [5, 5.41) is 8.69. The summed E-state index contributed by atoms with van der Waals surface area (Å²) in [7, 11) is -5.81. The van der Waals surface area contributed by atoms with E-state index < -0.39 is 40.4 Å². The number of halogens is 3. The van der Waals surface area contributed by atoms with Crippen molar-refractivity contribution < 1.29 is 45.2 Å². The number of nitrogens with zero attached hydrogens (tertiary/aromatic N) is 1. The highest BCUT2D eigenvalue weighted by Gasteiger charge is 2.47. The first kappa shape index (κ1) is 17.5. The van der Waals surface area contributed by atoms with E-state index in [2.05, 4.69) is 8.92 Å². The van der Waals surface area contributed by atoms with Crippen molar-refractivity contribution in [2.75, 3.05) is 19.9 Å². The number of likely N-dealkylation sites (tertiary alicyclic amines) is 1. The van der Waals surface area contributed by atoms with E-state index in [-0.39, 0.29) is 25.9 Å². The van der Waals surface area contributed by atoms with Gasteiger partial charge in [-0.3, -0.25) is 4.79 Å². The predicted molar refractivity (Wildman–Crippen MR) is 59.3 cm³/mol. The van der Waals surface area contributed by atoms with Crippen LogP contribution in [0.3, 0.4) is 0 Å². The lowest BCUT2D eigenvalue weighted by molar-refractivity contribution is -0.157. The summed E-state index contributed by atoms with van der Waals surface area (Å²) in [6.07, 6.45) is -0.865. The fourth-order valence-electron chi connectivity index (χ4n) is 1.64. The maximum atomic E-state index is 11.9. The van der Waals surface area contributed by atoms with Gasteiger partial charge in [-0.1, -0.05) is 0 Å². The van der Waals surface area contributed by atoms with E-state index in [0.29, 0.717) is 0 Å². The zero-order valence-electron chi connectivity index (χ0n) is 10.5. The Balaban J connectivity index is 2.38. The van der Waals surface area contributed by atoms with E-state index in [0.717, 1.165) is 4.90 Å². The number of alkyl halides is 3. The van der Waals surface area contributed by atoms with Gasteiger partial charge in [0.15, 0.2) is 0 Å². The Kier molecular flexibility index (Phi) is 5.39. The van der Waals surface area contributed by atoms with Gasteiger partial charge in [0.1, 0.15) is 0 Å². The second kappa shape index (κ2) is 6.47. The molecule has 0 aliphatic carbocycles. The Hall–Kier alpha value is -1.56. The van der Waals surface area contributed by atoms with Crippen LogP contribution in [-0.2, 0) is 23.8 Å². The largest absolute Gasteiger partial charge is 0.523 e. The van der Waals surface area contributed by atoms with Crippen LogP contribution in [0.25, 0.3) is 0 Å². The smallest absolute Gasteiger partial charge is 0.465 e. The quantitative estimate of drug-likeness (QED) is 0.349. The van der Waals surface area contributed by atoms with Crippen LogP contribution in [0.15, 0.2) is 0 Å². The number of carbonyl (C=O) groups excluding carboxylic acids is 1. The maximum Gasteiger partial charge on any atom is 0.523 e. The Labute approximate surface area is 117 Å². The molecule has 1 amide bonds. The van der Waals surface area contributed by atoms with Crippen LogP contribution in [0.4, 0.5) is 18.0 Å². The summed E-state index contributed by atoms with van der Waals surface area (Å²) in [4.78, 5) is 23.2. The van der Waals surface area contributed by atoms with E-state index in [1.165, 1.54) is 0 Å². The van der Waals surface area contributed by atoms with Crippen molar-refractivity contribution in [2.45, 2.75) is 18.3 Å². The number of carbonyl (C=O) groups is 2. The molecule has 1 aliphatic rings. The topological polar surface area (TPSA) is 110 Å². The lowest BCUT2D eigenvalue weighted by Gasteiger charge is -2.28. The van der Waals surface area contributed by atoms with Crippen molar-refractivity contribution in [3.05, 3.63) is 0 Å². The minimum absolute atomic E-state index is 0.0802. The SMILES string of the molecule is O=C(OCOS(=O)(=O)C(F)(F)F)C1CCN(C(=O)O)CC1. The fraction of sp³-hybridized carbons (Fsp3) is 0.778. The molecule has 12 heteroatoms. The van der Waals surface area contributed by atoms with Gasteiger partial charge in [-0.05, 0) is 12.8 Å². The first-order valence-corrected chi connectivity index (χ1v) is 7.05. The molecule has 0 aromatic heterocycles. The second-order valence-electron chi connectivity index (χ2n) is 4.14. The number of ether oxygens (including phenoxy) is 1.